The number of imidazole rings is 1. The fraction of sp³-hybridized carbons (Fsp3) is 0.467. The highest BCUT2D eigenvalue weighted by Gasteiger charge is 2.25. The smallest absolute Gasteiger partial charge is 0.217 e. The highest BCUT2D eigenvalue weighted by Crippen LogP contribution is 2.23. The van der Waals surface area contributed by atoms with Crippen molar-refractivity contribution in [2.75, 3.05) is 24.6 Å². The minimum absolute atomic E-state index is 0.0691. The zero-order valence-electron chi connectivity index (χ0n) is 13.2. The molecule has 0 spiro atoms. The van der Waals surface area contributed by atoms with Crippen molar-refractivity contribution in [1.82, 2.24) is 25.3 Å². The fourth-order valence-corrected chi connectivity index (χ4v) is 2.49. The predicted octanol–water partition coefficient (Wildman–Crippen LogP) is 0.722. The van der Waals surface area contributed by atoms with Gasteiger partial charge in [0.05, 0.1) is 31.6 Å². The second-order valence-electron chi connectivity index (χ2n) is 5.47. The maximum atomic E-state index is 11.0. The van der Waals surface area contributed by atoms with Crippen LogP contribution in [-0.4, -0.2) is 45.5 Å². The molecule has 0 aromatic carbocycles. The summed E-state index contributed by atoms with van der Waals surface area (Å²) in [5, 5.41) is 2.74. The van der Waals surface area contributed by atoms with Gasteiger partial charge in [-0.05, 0) is 13.0 Å². The van der Waals surface area contributed by atoms with Crippen LogP contribution in [0, 0.1) is 6.92 Å². The molecule has 0 aliphatic carbocycles. The maximum Gasteiger partial charge on any atom is 0.217 e. The molecule has 23 heavy (non-hydrogen) atoms. The normalized spacial score (nSPS) is 18.0. The molecule has 0 saturated carbocycles. The molecule has 2 aromatic rings. The van der Waals surface area contributed by atoms with E-state index >= 15 is 0 Å². The van der Waals surface area contributed by atoms with E-state index in [2.05, 4.69) is 30.2 Å². The van der Waals surface area contributed by atoms with Gasteiger partial charge in [-0.3, -0.25) is 4.79 Å². The minimum atomic E-state index is -0.148. The van der Waals surface area contributed by atoms with E-state index in [-0.39, 0.29) is 12.0 Å². The van der Waals surface area contributed by atoms with Crippen molar-refractivity contribution in [3.63, 3.8) is 0 Å². The largest absolute Gasteiger partial charge is 0.367 e. The minimum Gasteiger partial charge on any atom is -0.367 e. The summed E-state index contributed by atoms with van der Waals surface area (Å²) in [5.74, 6) is 2.35. The Morgan fingerprint density at radius 3 is 3.17 bits per heavy atom. The van der Waals surface area contributed by atoms with Gasteiger partial charge in [0, 0.05) is 19.7 Å². The van der Waals surface area contributed by atoms with Gasteiger partial charge in [-0.2, -0.15) is 0 Å². The first kappa shape index (κ1) is 15.4. The van der Waals surface area contributed by atoms with Gasteiger partial charge in [0.15, 0.2) is 0 Å². The zero-order chi connectivity index (χ0) is 16.2. The van der Waals surface area contributed by atoms with Gasteiger partial charge in [0.1, 0.15) is 23.6 Å². The average Bonchev–Trinajstić information content (AvgIpc) is 3.02. The first-order valence-corrected chi connectivity index (χ1v) is 7.56. The summed E-state index contributed by atoms with van der Waals surface area (Å²) < 4.78 is 5.82. The summed E-state index contributed by atoms with van der Waals surface area (Å²) >= 11 is 0. The van der Waals surface area contributed by atoms with E-state index in [4.69, 9.17) is 4.74 Å². The summed E-state index contributed by atoms with van der Waals surface area (Å²) in [4.78, 5) is 29.3. The molecule has 122 valence electrons. The summed E-state index contributed by atoms with van der Waals surface area (Å²) in [6.45, 7) is 5.86. The number of ether oxygens (including phenoxy) is 1. The average molecular weight is 316 g/mol. The van der Waals surface area contributed by atoms with E-state index < -0.39 is 0 Å². The van der Waals surface area contributed by atoms with E-state index in [0.29, 0.717) is 19.7 Å². The topological polar surface area (TPSA) is 96.0 Å². The molecular formula is C15H20N6O2. The number of anilines is 1. The monoisotopic (exact) mass is 316 g/mol. The number of rotatable bonds is 4. The summed E-state index contributed by atoms with van der Waals surface area (Å²) in [5.41, 5.74) is 0.855. The Balaban J connectivity index is 1.67. The Bertz CT molecular complexity index is 686. The molecule has 1 aliphatic rings. The van der Waals surface area contributed by atoms with Gasteiger partial charge in [0.25, 0.3) is 0 Å². The van der Waals surface area contributed by atoms with Crippen molar-refractivity contribution in [1.29, 1.82) is 0 Å². The van der Waals surface area contributed by atoms with Crippen molar-refractivity contribution in [3.05, 3.63) is 35.8 Å². The molecular weight excluding hydrogens is 296 g/mol. The Hall–Kier alpha value is -2.48. The van der Waals surface area contributed by atoms with Gasteiger partial charge in [-0.1, -0.05) is 0 Å². The van der Waals surface area contributed by atoms with Crippen molar-refractivity contribution in [3.8, 4) is 0 Å². The summed E-state index contributed by atoms with van der Waals surface area (Å²) in [7, 11) is 0. The lowest BCUT2D eigenvalue weighted by Gasteiger charge is -2.32. The van der Waals surface area contributed by atoms with Crippen LogP contribution < -0.4 is 10.2 Å². The molecule has 1 amide bonds. The Labute approximate surface area is 134 Å². The van der Waals surface area contributed by atoms with Crippen LogP contribution in [0.3, 0.4) is 0 Å². The van der Waals surface area contributed by atoms with E-state index in [1.165, 1.54) is 6.92 Å². The SMILES string of the molecule is CC(=O)NCc1cnc([C@@H]2CN(c3ccnc(C)n3)CCO2)[nH]1. The van der Waals surface area contributed by atoms with Gasteiger partial charge < -0.3 is 19.9 Å². The number of H-pyrrole nitrogens is 1. The van der Waals surface area contributed by atoms with Crippen LogP contribution in [0.25, 0.3) is 0 Å². The zero-order valence-corrected chi connectivity index (χ0v) is 13.2. The van der Waals surface area contributed by atoms with Gasteiger partial charge in [0.2, 0.25) is 5.91 Å². The molecule has 2 aromatic heterocycles. The van der Waals surface area contributed by atoms with Gasteiger partial charge in [-0.15, -0.1) is 0 Å². The molecule has 3 heterocycles. The molecule has 1 fully saturated rings. The molecule has 8 nitrogen and oxygen atoms in total. The molecule has 1 aliphatic heterocycles. The number of morpholine rings is 1. The third-order valence-electron chi connectivity index (χ3n) is 3.63. The third kappa shape index (κ3) is 3.84. The molecule has 1 atom stereocenters. The number of amides is 1. The van der Waals surface area contributed by atoms with Crippen LogP contribution in [0.5, 0.6) is 0 Å². The van der Waals surface area contributed by atoms with E-state index in [0.717, 1.165) is 29.7 Å². The van der Waals surface area contributed by atoms with Crippen molar-refractivity contribution >= 4 is 11.7 Å². The Morgan fingerprint density at radius 1 is 1.52 bits per heavy atom. The Morgan fingerprint density at radius 2 is 2.39 bits per heavy atom. The quantitative estimate of drug-likeness (QED) is 0.863. The number of carbonyl (C=O) groups excluding carboxylic acids is 1. The summed E-state index contributed by atoms with van der Waals surface area (Å²) in [6.07, 6.45) is 3.34. The molecule has 1 saturated heterocycles. The lowest BCUT2D eigenvalue weighted by Crippen LogP contribution is -2.39. The number of aryl methyl sites for hydroxylation is 1. The molecule has 8 heteroatoms. The second kappa shape index (κ2) is 6.74. The van der Waals surface area contributed by atoms with E-state index in [1.807, 2.05) is 13.0 Å². The highest BCUT2D eigenvalue weighted by atomic mass is 16.5. The number of aromatic amines is 1. The van der Waals surface area contributed by atoms with Crippen molar-refractivity contribution < 1.29 is 9.53 Å². The first-order chi connectivity index (χ1) is 11.1. The number of hydrogen-bond donors (Lipinski definition) is 2. The van der Waals surface area contributed by atoms with Crippen LogP contribution in [0.1, 0.15) is 30.4 Å². The Kier molecular flexibility index (Phi) is 4.52. The molecule has 0 unspecified atom stereocenters. The summed E-state index contributed by atoms with van der Waals surface area (Å²) in [6, 6.07) is 1.90. The van der Waals surface area contributed by atoms with Gasteiger partial charge >= 0.3 is 0 Å². The van der Waals surface area contributed by atoms with Crippen molar-refractivity contribution in [2.45, 2.75) is 26.5 Å². The number of aromatic nitrogens is 4. The fourth-order valence-electron chi connectivity index (χ4n) is 2.49. The second-order valence-corrected chi connectivity index (χ2v) is 5.47. The number of hydrogen-bond acceptors (Lipinski definition) is 6. The van der Waals surface area contributed by atoms with Crippen LogP contribution in [0.2, 0.25) is 0 Å². The van der Waals surface area contributed by atoms with E-state index in [1.54, 1.807) is 12.4 Å². The van der Waals surface area contributed by atoms with Crippen LogP contribution in [0.15, 0.2) is 18.5 Å². The van der Waals surface area contributed by atoms with Crippen LogP contribution in [0.4, 0.5) is 5.82 Å². The molecule has 2 N–H and O–H groups in total. The van der Waals surface area contributed by atoms with E-state index in [9.17, 15) is 4.79 Å². The highest BCUT2D eigenvalue weighted by molar-refractivity contribution is 5.72. The number of nitrogens with zero attached hydrogens (tertiary/aromatic N) is 4. The van der Waals surface area contributed by atoms with Crippen LogP contribution in [-0.2, 0) is 16.1 Å². The molecule has 0 bridgehead atoms. The number of nitrogens with one attached hydrogen (secondary N) is 2. The van der Waals surface area contributed by atoms with Gasteiger partial charge in [-0.25, -0.2) is 15.0 Å². The molecule has 0 radical (unpaired) electrons. The lowest BCUT2D eigenvalue weighted by atomic mass is 10.2. The van der Waals surface area contributed by atoms with Crippen molar-refractivity contribution in [2.24, 2.45) is 0 Å². The van der Waals surface area contributed by atoms with Crippen LogP contribution >= 0.6 is 0 Å². The standard InChI is InChI=1S/C15H20N6O2/c1-10-16-4-3-14(19-10)21-5-6-23-13(9-21)15-18-8-12(20-15)7-17-11(2)22/h3-4,8,13H,5-7,9H2,1-2H3,(H,17,22)(H,18,20)/t13-/m0/s1. The lowest BCUT2D eigenvalue weighted by molar-refractivity contribution is -0.119. The molecule has 3 rings (SSSR count). The first-order valence-electron chi connectivity index (χ1n) is 7.56. The predicted molar refractivity (Wildman–Crippen MR) is 83.8 cm³/mol. The number of carbonyl (C=O) groups is 1. The maximum absolute atomic E-state index is 11.0. The third-order valence-corrected chi connectivity index (χ3v) is 3.63.